The minimum Gasteiger partial charge on any atom is -0.343 e. The molecule has 1 aliphatic heterocycles. The SMILES string of the molecule is Cc1cnn(C2CCN(C(=O)CNC(=O)c3ccccc3)CC2)c1. The number of hydrogen-bond acceptors (Lipinski definition) is 3. The van der Waals surface area contributed by atoms with Crippen LogP contribution in [-0.4, -0.2) is 46.1 Å². The van der Waals surface area contributed by atoms with Gasteiger partial charge >= 0.3 is 0 Å². The highest BCUT2D eigenvalue weighted by atomic mass is 16.2. The van der Waals surface area contributed by atoms with Gasteiger partial charge in [0, 0.05) is 24.8 Å². The standard InChI is InChI=1S/C18H22N4O2/c1-14-11-20-22(13-14)16-7-9-21(10-8-16)17(23)12-19-18(24)15-5-3-2-4-6-15/h2-6,11,13,16H,7-10,12H2,1H3,(H,19,24). The Kier molecular flexibility index (Phi) is 4.93. The Hall–Kier alpha value is -2.63. The molecule has 1 fully saturated rings. The zero-order valence-electron chi connectivity index (χ0n) is 13.8. The fourth-order valence-electron chi connectivity index (χ4n) is 2.97. The average molecular weight is 326 g/mol. The molecule has 24 heavy (non-hydrogen) atoms. The van der Waals surface area contributed by atoms with Gasteiger partial charge in [-0.2, -0.15) is 5.10 Å². The quantitative estimate of drug-likeness (QED) is 0.931. The number of aromatic nitrogens is 2. The van der Waals surface area contributed by atoms with E-state index in [2.05, 4.69) is 10.4 Å². The molecule has 126 valence electrons. The first-order valence-corrected chi connectivity index (χ1v) is 8.25. The number of nitrogens with one attached hydrogen (secondary N) is 1. The van der Waals surface area contributed by atoms with Gasteiger partial charge in [-0.15, -0.1) is 0 Å². The molecule has 6 nitrogen and oxygen atoms in total. The minimum absolute atomic E-state index is 0.0330. The van der Waals surface area contributed by atoms with Crippen LogP contribution >= 0.6 is 0 Å². The summed E-state index contributed by atoms with van der Waals surface area (Å²) in [6.07, 6.45) is 5.68. The third-order valence-electron chi connectivity index (χ3n) is 4.36. The van der Waals surface area contributed by atoms with Crippen LogP contribution in [0.5, 0.6) is 0 Å². The molecule has 0 spiro atoms. The second-order valence-electron chi connectivity index (χ2n) is 6.16. The molecule has 0 atom stereocenters. The third-order valence-corrected chi connectivity index (χ3v) is 4.36. The van der Waals surface area contributed by atoms with Gasteiger partial charge in [0.15, 0.2) is 0 Å². The highest BCUT2D eigenvalue weighted by molar-refractivity contribution is 5.96. The molecule has 1 aromatic carbocycles. The smallest absolute Gasteiger partial charge is 0.251 e. The molecule has 3 rings (SSSR count). The fraction of sp³-hybridized carbons (Fsp3) is 0.389. The number of piperidine rings is 1. The van der Waals surface area contributed by atoms with Crippen molar-refractivity contribution in [3.63, 3.8) is 0 Å². The molecule has 0 saturated carbocycles. The first-order valence-electron chi connectivity index (χ1n) is 8.25. The lowest BCUT2D eigenvalue weighted by Gasteiger charge is -2.32. The van der Waals surface area contributed by atoms with Crippen molar-refractivity contribution in [3.05, 3.63) is 53.9 Å². The molecule has 1 saturated heterocycles. The topological polar surface area (TPSA) is 67.2 Å². The monoisotopic (exact) mass is 326 g/mol. The highest BCUT2D eigenvalue weighted by Crippen LogP contribution is 2.22. The summed E-state index contributed by atoms with van der Waals surface area (Å²) in [4.78, 5) is 26.1. The Morgan fingerprint density at radius 2 is 1.92 bits per heavy atom. The molecule has 0 unspecified atom stereocenters. The summed E-state index contributed by atoms with van der Waals surface area (Å²) in [5.74, 6) is -0.250. The number of carbonyl (C=O) groups excluding carboxylic acids is 2. The van der Waals surface area contributed by atoms with Crippen LogP contribution in [0.25, 0.3) is 0 Å². The molecule has 1 aromatic heterocycles. The van der Waals surface area contributed by atoms with E-state index >= 15 is 0 Å². The Labute approximate surface area is 141 Å². The fourth-order valence-corrected chi connectivity index (χ4v) is 2.97. The van der Waals surface area contributed by atoms with Gasteiger partial charge in [-0.05, 0) is 37.5 Å². The molecule has 0 radical (unpaired) electrons. The molecule has 2 heterocycles. The zero-order chi connectivity index (χ0) is 16.9. The predicted octanol–water partition coefficient (Wildman–Crippen LogP) is 1.79. The van der Waals surface area contributed by atoms with Gasteiger partial charge in [-0.3, -0.25) is 14.3 Å². The summed E-state index contributed by atoms with van der Waals surface area (Å²) < 4.78 is 1.99. The first kappa shape index (κ1) is 16.2. The summed E-state index contributed by atoms with van der Waals surface area (Å²) in [7, 11) is 0. The number of benzene rings is 1. The van der Waals surface area contributed by atoms with Crippen LogP contribution in [0, 0.1) is 6.92 Å². The van der Waals surface area contributed by atoms with E-state index in [1.807, 2.05) is 35.0 Å². The van der Waals surface area contributed by atoms with Crippen LogP contribution in [0.4, 0.5) is 0 Å². The van der Waals surface area contributed by atoms with Gasteiger partial charge in [-0.25, -0.2) is 0 Å². The summed E-state index contributed by atoms with van der Waals surface area (Å²) in [5, 5.41) is 7.05. The summed E-state index contributed by atoms with van der Waals surface area (Å²) in [5.41, 5.74) is 1.72. The highest BCUT2D eigenvalue weighted by Gasteiger charge is 2.24. The van der Waals surface area contributed by atoms with Crippen LogP contribution in [0.15, 0.2) is 42.7 Å². The molecular formula is C18H22N4O2. The van der Waals surface area contributed by atoms with Crippen LogP contribution in [0.3, 0.4) is 0 Å². The van der Waals surface area contributed by atoms with E-state index in [-0.39, 0.29) is 18.4 Å². The minimum atomic E-state index is -0.217. The van der Waals surface area contributed by atoms with E-state index in [0.717, 1.165) is 18.4 Å². The second-order valence-corrected chi connectivity index (χ2v) is 6.16. The maximum atomic E-state index is 12.3. The van der Waals surface area contributed by atoms with Crippen molar-refractivity contribution in [1.29, 1.82) is 0 Å². The van der Waals surface area contributed by atoms with Gasteiger partial charge in [-0.1, -0.05) is 18.2 Å². The number of likely N-dealkylation sites (tertiary alicyclic amines) is 1. The summed E-state index contributed by atoms with van der Waals surface area (Å²) in [6, 6.07) is 9.28. The molecule has 1 N–H and O–H groups in total. The van der Waals surface area contributed by atoms with Gasteiger partial charge < -0.3 is 10.2 Å². The molecule has 0 bridgehead atoms. The number of carbonyl (C=O) groups is 2. The van der Waals surface area contributed by atoms with Gasteiger partial charge in [0.2, 0.25) is 5.91 Å². The van der Waals surface area contributed by atoms with E-state index in [1.165, 1.54) is 0 Å². The second kappa shape index (κ2) is 7.29. The average Bonchev–Trinajstić information content (AvgIpc) is 3.06. The van der Waals surface area contributed by atoms with Crippen molar-refractivity contribution >= 4 is 11.8 Å². The van der Waals surface area contributed by atoms with E-state index < -0.39 is 0 Å². The van der Waals surface area contributed by atoms with Crippen molar-refractivity contribution in [3.8, 4) is 0 Å². The molecular weight excluding hydrogens is 304 g/mol. The molecule has 1 aliphatic rings. The number of rotatable bonds is 4. The molecule has 2 amide bonds. The Balaban J connectivity index is 1.46. The largest absolute Gasteiger partial charge is 0.343 e. The van der Waals surface area contributed by atoms with Crippen LogP contribution < -0.4 is 5.32 Å². The number of nitrogens with zero attached hydrogens (tertiary/aromatic N) is 3. The summed E-state index contributed by atoms with van der Waals surface area (Å²) >= 11 is 0. The lowest BCUT2D eigenvalue weighted by atomic mass is 10.1. The van der Waals surface area contributed by atoms with Crippen molar-refractivity contribution in [2.75, 3.05) is 19.6 Å². The molecule has 6 heteroatoms. The third kappa shape index (κ3) is 3.82. The normalized spacial score (nSPS) is 15.3. The lowest BCUT2D eigenvalue weighted by molar-refractivity contribution is -0.131. The Morgan fingerprint density at radius 3 is 2.54 bits per heavy atom. The Bertz CT molecular complexity index is 703. The van der Waals surface area contributed by atoms with E-state index in [4.69, 9.17) is 0 Å². The maximum Gasteiger partial charge on any atom is 0.251 e. The van der Waals surface area contributed by atoms with Crippen molar-refractivity contribution < 1.29 is 9.59 Å². The summed E-state index contributed by atoms with van der Waals surface area (Å²) in [6.45, 7) is 3.46. The molecule has 0 aliphatic carbocycles. The zero-order valence-corrected chi connectivity index (χ0v) is 13.8. The van der Waals surface area contributed by atoms with Gasteiger partial charge in [0.25, 0.3) is 5.91 Å². The number of aryl methyl sites for hydroxylation is 1. The van der Waals surface area contributed by atoms with E-state index in [9.17, 15) is 9.59 Å². The number of hydrogen-bond donors (Lipinski definition) is 1. The number of amides is 2. The van der Waals surface area contributed by atoms with Gasteiger partial charge in [0.1, 0.15) is 0 Å². The van der Waals surface area contributed by atoms with E-state index in [0.29, 0.717) is 24.7 Å². The van der Waals surface area contributed by atoms with Gasteiger partial charge in [0.05, 0.1) is 18.8 Å². The van der Waals surface area contributed by atoms with Crippen molar-refractivity contribution in [2.45, 2.75) is 25.8 Å². The van der Waals surface area contributed by atoms with Crippen LogP contribution in [0.2, 0.25) is 0 Å². The lowest BCUT2D eigenvalue weighted by Crippen LogP contribution is -2.44. The van der Waals surface area contributed by atoms with E-state index in [1.54, 1.807) is 24.3 Å². The van der Waals surface area contributed by atoms with Crippen LogP contribution in [0.1, 0.15) is 34.8 Å². The predicted molar refractivity (Wildman–Crippen MR) is 90.6 cm³/mol. The van der Waals surface area contributed by atoms with Crippen molar-refractivity contribution in [2.24, 2.45) is 0 Å². The first-order chi connectivity index (χ1) is 11.6. The Morgan fingerprint density at radius 1 is 1.21 bits per heavy atom. The molecule has 2 aromatic rings. The van der Waals surface area contributed by atoms with Crippen molar-refractivity contribution in [1.82, 2.24) is 20.0 Å². The maximum absolute atomic E-state index is 12.3. The van der Waals surface area contributed by atoms with Crippen LogP contribution in [-0.2, 0) is 4.79 Å².